The molecule has 5 atom stereocenters. The zero-order chi connectivity index (χ0) is 41.3. The maximum absolute atomic E-state index is 11.4. The second-order valence-corrected chi connectivity index (χ2v) is 18.8. The topological polar surface area (TPSA) is 207 Å². The van der Waals surface area contributed by atoms with Crippen molar-refractivity contribution in [3.8, 4) is 23.0 Å². The molecule has 17 heteroatoms. The van der Waals surface area contributed by atoms with Crippen molar-refractivity contribution in [2.45, 2.75) is 96.7 Å². The summed E-state index contributed by atoms with van der Waals surface area (Å²) >= 11 is 0. The average Bonchev–Trinajstić information content (AvgIpc) is 3.16. The largest absolute Gasteiger partial charge is 0.524 e. The highest BCUT2D eigenvalue weighted by atomic mass is 31.2. The van der Waals surface area contributed by atoms with Crippen molar-refractivity contribution < 1.29 is 57.1 Å². The van der Waals surface area contributed by atoms with Gasteiger partial charge in [0.15, 0.2) is 29.7 Å². The molecule has 6 N–H and O–H groups in total. The molecule has 14 nitrogen and oxygen atoms in total. The fourth-order valence-electron chi connectivity index (χ4n) is 8.90. The van der Waals surface area contributed by atoms with Crippen LogP contribution in [0.3, 0.4) is 0 Å². The second-order valence-electron chi connectivity index (χ2n) is 15.3. The van der Waals surface area contributed by atoms with E-state index < -0.39 is 23.7 Å². The quantitative estimate of drug-likeness (QED) is 0.0817. The molecule has 4 aliphatic rings. The lowest BCUT2D eigenvalue weighted by Crippen LogP contribution is -2.49. The van der Waals surface area contributed by atoms with Crippen LogP contribution in [0.15, 0.2) is 54.6 Å². The maximum Gasteiger partial charge on any atom is 0.524 e. The van der Waals surface area contributed by atoms with Gasteiger partial charge in [-0.25, -0.2) is 9.13 Å². The van der Waals surface area contributed by atoms with Gasteiger partial charge < -0.3 is 19.3 Å². The van der Waals surface area contributed by atoms with Crippen molar-refractivity contribution in [1.82, 2.24) is 9.80 Å². The summed E-state index contributed by atoms with van der Waals surface area (Å²) in [4.78, 5) is 41.9. The van der Waals surface area contributed by atoms with Crippen molar-refractivity contribution in [2.75, 3.05) is 32.8 Å². The molecule has 7 rings (SSSR count). The van der Waals surface area contributed by atoms with E-state index in [1.54, 1.807) is 18.8 Å². The van der Waals surface area contributed by atoms with Crippen LogP contribution in [0, 0.1) is 11.8 Å². The lowest BCUT2D eigenvalue weighted by molar-refractivity contribution is 0.0848. The highest BCUT2D eigenvalue weighted by Gasteiger charge is 2.39. The SMILES string of the molecule is CCCN1CCC[C@@H]2Cc3c(ccc(O)c3O)C[C@H]21.CCCN1CCC[C@@H]2Cc3c(ccc(OP(=O)(O)O)c3OP(=O)(O)O)C[C@H]21.C[P+](=O)OCc1ccccc1. The van der Waals surface area contributed by atoms with E-state index >= 15 is 0 Å². The molecule has 0 amide bonds. The Morgan fingerprint density at radius 2 is 1.25 bits per heavy atom. The minimum absolute atomic E-state index is 0.0263. The average molecular weight is 852 g/mol. The Kier molecular flexibility index (Phi) is 16.2. The van der Waals surface area contributed by atoms with Crippen molar-refractivity contribution >= 4 is 23.7 Å². The van der Waals surface area contributed by atoms with Crippen LogP contribution in [-0.4, -0.2) is 84.5 Å². The Balaban J connectivity index is 0.000000179. The Morgan fingerprint density at radius 3 is 1.77 bits per heavy atom. The predicted octanol–water partition coefficient (Wildman–Crippen LogP) is 7.48. The van der Waals surface area contributed by atoms with E-state index in [0.29, 0.717) is 48.9 Å². The number of hydrogen-bond donors (Lipinski definition) is 6. The Morgan fingerprint density at radius 1 is 0.719 bits per heavy atom. The molecule has 57 heavy (non-hydrogen) atoms. The molecule has 0 radical (unpaired) electrons. The number of fused-ring (bicyclic) bond motifs is 4. The fraction of sp³-hybridized carbons (Fsp3) is 0.550. The van der Waals surface area contributed by atoms with Crippen molar-refractivity contribution in [3.63, 3.8) is 0 Å². The smallest absolute Gasteiger partial charge is 0.504 e. The highest BCUT2D eigenvalue weighted by molar-refractivity contribution is 7.47. The lowest BCUT2D eigenvalue weighted by Gasteiger charge is -2.45. The maximum atomic E-state index is 11.4. The molecule has 1 unspecified atom stereocenters. The molecule has 0 spiro atoms. The number of likely N-dealkylation sites (tertiary alicyclic amines) is 2. The van der Waals surface area contributed by atoms with Crippen LogP contribution in [0.1, 0.15) is 80.2 Å². The number of nitrogens with zero attached hydrogens (tertiary/aromatic N) is 2. The van der Waals surface area contributed by atoms with E-state index in [1.807, 2.05) is 36.4 Å². The van der Waals surface area contributed by atoms with Gasteiger partial charge in [0.05, 0.1) is 0 Å². The number of benzene rings is 3. The summed E-state index contributed by atoms with van der Waals surface area (Å²) in [5.74, 6) is 0.449. The minimum atomic E-state index is -4.93. The third-order valence-electron chi connectivity index (χ3n) is 11.2. The molecule has 0 saturated carbocycles. The zero-order valence-electron chi connectivity index (χ0n) is 33.0. The van der Waals surface area contributed by atoms with Crippen LogP contribution in [0.25, 0.3) is 0 Å². The monoisotopic (exact) mass is 851 g/mol. The molecule has 2 fully saturated rings. The van der Waals surface area contributed by atoms with E-state index in [-0.39, 0.29) is 23.0 Å². The number of aromatic hydroxyl groups is 2. The molecule has 314 valence electrons. The van der Waals surface area contributed by atoms with E-state index in [1.165, 1.54) is 44.0 Å². The summed E-state index contributed by atoms with van der Waals surface area (Å²) in [7, 11) is -11.3. The first-order chi connectivity index (χ1) is 27.1. The second kappa shape index (κ2) is 20.4. The van der Waals surface area contributed by atoms with Gasteiger partial charge in [-0.3, -0.25) is 29.4 Å². The Labute approximate surface area is 336 Å². The van der Waals surface area contributed by atoms with Crippen LogP contribution in [0.5, 0.6) is 23.0 Å². The van der Waals surface area contributed by atoms with Crippen LogP contribution in [0.4, 0.5) is 0 Å². The summed E-state index contributed by atoms with van der Waals surface area (Å²) in [5, 5.41) is 19.7. The van der Waals surface area contributed by atoms with Crippen molar-refractivity contribution in [3.05, 3.63) is 82.4 Å². The number of phosphoric acid groups is 2. The number of phosphoric ester groups is 2. The zero-order valence-corrected chi connectivity index (χ0v) is 35.7. The fourth-order valence-corrected chi connectivity index (χ4v) is 10.1. The Hall–Kier alpha value is -2.86. The van der Waals surface area contributed by atoms with E-state index in [0.717, 1.165) is 61.9 Å². The van der Waals surface area contributed by atoms with Crippen LogP contribution < -0.4 is 9.05 Å². The first-order valence-electron chi connectivity index (χ1n) is 19.8. The lowest BCUT2D eigenvalue weighted by atomic mass is 9.75. The molecule has 2 aliphatic carbocycles. The molecule has 2 saturated heterocycles. The van der Waals surface area contributed by atoms with Crippen molar-refractivity contribution in [1.29, 1.82) is 0 Å². The Bertz CT molecular complexity index is 1900. The number of rotatable bonds is 11. The van der Waals surface area contributed by atoms with Gasteiger partial charge in [-0.15, -0.1) is 4.52 Å². The minimum Gasteiger partial charge on any atom is -0.504 e. The first-order valence-corrected chi connectivity index (χ1v) is 24.5. The molecule has 0 aromatic heterocycles. The van der Waals surface area contributed by atoms with Crippen LogP contribution >= 0.6 is 23.7 Å². The summed E-state index contributed by atoms with van der Waals surface area (Å²) in [6, 6.07) is 17.3. The van der Waals surface area contributed by atoms with Gasteiger partial charge in [0.2, 0.25) is 0 Å². The molecule has 3 aromatic carbocycles. The molecule has 2 heterocycles. The standard InChI is InChI=1S/C16H25NO8P2.C16H23NO2.C8H10O2P/c1-2-7-17-8-3-4-12-9-13-11(10-14(12)17)5-6-15(24-26(18,19)20)16(13)25-27(21,22)23;1-2-7-17-8-3-4-12-9-13-11(10-14(12)17)5-6-15(18)16(13)19;1-11(9)10-7-8-5-3-2-4-6-8/h5-6,12,14H,2-4,7-10H2,1H3,(H2,18,19,20)(H2,21,22,23);5-6,12,14,18-19H,2-4,7-10H2,1H3;2-6H,7H2,1H3/q;;+1/t2*12-,14-;/m11./s1. The van der Waals surface area contributed by atoms with Gasteiger partial charge in [-0.05, 0) is 136 Å². The number of phenolic OH excluding ortho intramolecular Hbond substituents is 2. The normalized spacial score (nSPS) is 22.2. The predicted molar refractivity (Wildman–Crippen MR) is 218 cm³/mol. The molecular weight excluding hydrogens is 793 g/mol. The van der Waals surface area contributed by atoms with Crippen LogP contribution in [0.2, 0.25) is 0 Å². The summed E-state index contributed by atoms with van der Waals surface area (Å²) < 4.78 is 47.6. The van der Waals surface area contributed by atoms with E-state index in [4.69, 9.17) is 18.8 Å². The molecule has 0 bridgehead atoms. The van der Waals surface area contributed by atoms with Crippen molar-refractivity contribution in [2.24, 2.45) is 11.8 Å². The number of piperidine rings is 2. The van der Waals surface area contributed by atoms with Gasteiger partial charge in [-0.1, -0.05) is 56.3 Å². The third kappa shape index (κ3) is 12.8. The van der Waals surface area contributed by atoms with Crippen LogP contribution in [-0.2, 0) is 50.5 Å². The summed E-state index contributed by atoms with van der Waals surface area (Å²) in [6.45, 7) is 10.8. The summed E-state index contributed by atoms with van der Waals surface area (Å²) in [5.41, 5.74) is 4.68. The first kappa shape index (κ1) is 45.2. The molecule has 3 aromatic rings. The summed E-state index contributed by atoms with van der Waals surface area (Å²) in [6.07, 6.45) is 9.97. The highest BCUT2D eigenvalue weighted by Crippen LogP contribution is 2.52. The van der Waals surface area contributed by atoms with Gasteiger partial charge >= 0.3 is 23.7 Å². The third-order valence-corrected chi connectivity index (χ3v) is 12.6. The number of phenols is 2. The van der Waals surface area contributed by atoms with E-state index in [2.05, 4.69) is 28.2 Å². The number of hydrogen-bond acceptors (Lipinski definition) is 10. The van der Waals surface area contributed by atoms with Gasteiger partial charge in [0.25, 0.3) is 0 Å². The van der Waals surface area contributed by atoms with E-state index in [9.17, 15) is 33.7 Å². The molecule has 2 aliphatic heterocycles. The van der Waals surface area contributed by atoms with Gasteiger partial charge in [-0.2, -0.15) is 0 Å². The van der Waals surface area contributed by atoms with Gasteiger partial charge in [0.1, 0.15) is 6.61 Å². The molecular formula is C40H58N2O12P3+. The van der Waals surface area contributed by atoms with Gasteiger partial charge in [0, 0.05) is 23.2 Å².